The van der Waals surface area contributed by atoms with Crippen LogP contribution in [0.1, 0.15) is 19.8 Å². The first-order valence-corrected chi connectivity index (χ1v) is 7.92. The highest BCUT2D eigenvalue weighted by atomic mass is 32.2. The summed E-state index contributed by atoms with van der Waals surface area (Å²) in [5, 5.41) is 20.1. The number of aromatic nitrogens is 1. The molecule has 1 aromatic heterocycles. The number of aliphatic hydroxyl groups excluding tert-OH is 1. The van der Waals surface area contributed by atoms with Gasteiger partial charge in [0.2, 0.25) is 5.91 Å². The van der Waals surface area contributed by atoms with Crippen LogP contribution < -0.4 is 0 Å². The summed E-state index contributed by atoms with van der Waals surface area (Å²) >= 11 is 1.27. The summed E-state index contributed by atoms with van der Waals surface area (Å²) in [6.45, 7) is 1.81. The van der Waals surface area contributed by atoms with Crippen molar-refractivity contribution < 1.29 is 19.8 Å². The maximum atomic E-state index is 12.2. The van der Waals surface area contributed by atoms with Crippen LogP contribution in [0.15, 0.2) is 40.0 Å². The van der Waals surface area contributed by atoms with Gasteiger partial charge in [0.15, 0.2) is 0 Å². The van der Waals surface area contributed by atoms with Gasteiger partial charge in [0.25, 0.3) is 0 Å². The fraction of sp³-hybridized carbons (Fsp3) is 0.400. The summed E-state index contributed by atoms with van der Waals surface area (Å²) in [4.78, 5) is 29.9. The van der Waals surface area contributed by atoms with Crippen molar-refractivity contribution in [2.45, 2.75) is 36.9 Å². The topological polar surface area (TPSA) is 90.7 Å². The molecule has 7 heteroatoms. The number of hydrogen-bond acceptors (Lipinski definition) is 5. The Labute approximate surface area is 131 Å². The molecule has 2 aliphatic rings. The van der Waals surface area contributed by atoms with E-state index in [0.717, 1.165) is 0 Å². The summed E-state index contributed by atoms with van der Waals surface area (Å²) in [6, 6.07) is 5.16. The summed E-state index contributed by atoms with van der Waals surface area (Å²) in [6.07, 6.45) is 1.85. The molecule has 0 aromatic carbocycles. The zero-order valence-electron chi connectivity index (χ0n) is 12.0. The number of thioether (sulfide) groups is 1. The number of hydrogen-bond donors (Lipinski definition) is 2. The average molecular weight is 320 g/mol. The lowest BCUT2D eigenvalue weighted by molar-refractivity contribution is -0.162. The number of aliphatic hydroxyl groups is 1. The molecule has 0 spiro atoms. The Morgan fingerprint density at radius 2 is 2.32 bits per heavy atom. The highest BCUT2D eigenvalue weighted by Gasteiger charge is 2.57. The van der Waals surface area contributed by atoms with E-state index in [-0.39, 0.29) is 17.6 Å². The van der Waals surface area contributed by atoms with E-state index in [4.69, 9.17) is 0 Å². The van der Waals surface area contributed by atoms with Gasteiger partial charge in [-0.25, -0.2) is 9.78 Å². The number of rotatable bonds is 5. The zero-order valence-corrected chi connectivity index (χ0v) is 12.8. The SMILES string of the molecule is CCC(O)[C@@H]1C(=O)N2C(C(=O)O)=C(Sc3ccccn3)C[C@H]12. The molecule has 6 nitrogen and oxygen atoms in total. The van der Waals surface area contributed by atoms with Gasteiger partial charge < -0.3 is 15.1 Å². The standard InChI is InChI=1S/C15H16N2O4S/c1-2-9(18)12-8-7-10(22-11-5-3-4-6-16-11)13(15(20)21)17(8)14(12)19/h3-6,8-9,12,18H,2,7H2,1H3,(H,20,21)/t8-,9?,12-/m1/s1. The van der Waals surface area contributed by atoms with Crippen LogP contribution in [0, 0.1) is 5.92 Å². The van der Waals surface area contributed by atoms with Crippen LogP contribution in [0.25, 0.3) is 0 Å². The quantitative estimate of drug-likeness (QED) is 0.799. The van der Waals surface area contributed by atoms with Gasteiger partial charge >= 0.3 is 5.97 Å². The van der Waals surface area contributed by atoms with Crippen molar-refractivity contribution in [3.05, 3.63) is 35.0 Å². The summed E-state index contributed by atoms with van der Waals surface area (Å²) in [5.41, 5.74) is 0.0326. The van der Waals surface area contributed by atoms with E-state index in [0.29, 0.717) is 22.8 Å². The van der Waals surface area contributed by atoms with Gasteiger partial charge in [-0.1, -0.05) is 24.8 Å². The highest BCUT2D eigenvalue weighted by Crippen LogP contribution is 2.48. The van der Waals surface area contributed by atoms with Crippen LogP contribution in [0.4, 0.5) is 0 Å². The van der Waals surface area contributed by atoms with Crippen molar-refractivity contribution in [1.29, 1.82) is 0 Å². The van der Waals surface area contributed by atoms with E-state index >= 15 is 0 Å². The number of amides is 1. The van der Waals surface area contributed by atoms with Gasteiger partial charge in [0.1, 0.15) is 10.7 Å². The van der Waals surface area contributed by atoms with Gasteiger partial charge in [0.05, 0.1) is 18.1 Å². The predicted octanol–water partition coefficient (Wildman–Crippen LogP) is 1.47. The number of carbonyl (C=O) groups excluding carboxylic acids is 1. The third-order valence-electron chi connectivity index (χ3n) is 4.07. The molecule has 2 aliphatic heterocycles. The molecule has 1 amide bonds. The largest absolute Gasteiger partial charge is 0.477 e. The normalized spacial score (nSPS) is 25.0. The zero-order chi connectivity index (χ0) is 15.9. The second-order valence-electron chi connectivity index (χ2n) is 5.33. The van der Waals surface area contributed by atoms with Gasteiger partial charge in [-0.15, -0.1) is 0 Å². The van der Waals surface area contributed by atoms with Crippen LogP contribution in [-0.4, -0.2) is 44.1 Å². The molecule has 22 heavy (non-hydrogen) atoms. The Balaban J connectivity index is 1.87. The number of fused-ring (bicyclic) bond motifs is 1. The van der Waals surface area contributed by atoms with Crippen molar-refractivity contribution >= 4 is 23.6 Å². The number of carbonyl (C=O) groups is 2. The second-order valence-corrected chi connectivity index (χ2v) is 6.44. The Bertz CT molecular complexity index is 646. The Hall–Kier alpha value is -1.86. The maximum absolute atomic E-state index is 12.2. The first kappa shape index (κ1) is 15.1. The molecule has 0 aliphatic carbocycles. The molecular weight excluding hydrogens is 304 g/mol. The van der Waals surface area contributed by atoms with E-state index in [9.17, 15) is 19.8 Å². The lowest BCUT2D eigenvalue weighted by atomic mass is 9.82. The van der Waals surface area contributed by atoms with Crippen molar-refractivity contribution in [3.63, 3.8) is 0 Å². The lowest BCUT2D eigenvalue weighted by Gasteiger charge is -2.45. The number of pyridine rings is 1. The van der Waals surface area contributed by atoms with Crippen molar-refractivity contribution in [2.24, 2.45) is 5.92 Å². The first-order valence-electron chi connectivity index (χ1n) is 7.11. The van der Waals surface area contributed by atoms with Crippen LogP contribution >= 0.6 is 11.8 Å². The van der Waals surface area contributed by atoms with E-state index in [2.05, 4.69) is 4.98 Å². The number of aliphatic carboxylic acids is 1. The molecule has 3 atom stereocenters. The summed E-state index contributed by atoms with van der Waals surface area (Å²) < 4.78 is 0. The monoisotopic (exact) mass is 320 g/mol. The third-order valence-corrected chi connectivity index (χ3v) is 5.13. The molecule has 0 saturated carbocycles. The molecule has 0 radical (unpaired) electrons. The van der Waals surface area contributed by atoms with Gasteiger partial charge in [-0.3, -0.25) is 4.79 Å². The minimum absolute atomic E-state index is 0.0326. The number of β-lactam (4-membered cyclic amide) rings is 1. The van der Waals surface area contributed by atoms with Crippen LogP contribution in [0.2, 0.25) is 0 Å². The van der Waals surface area contributed by atoms with Crippen LogP contribution in [-0.2, 0) is 9.59 Å². The maximum Gasteiger partial charge on any atom is 0.353 e. The van der Waals surface area contributed by atoms with Gasteiger partial charge in [-0.05, 0) is 18.6 Å². The minimum Gasteiger partial charge on any atom is -0.477 e. The molecule has 1 saturated heterocycles. The van der Waals surface area contributed by atoms with Crippen LogP contribution in [0.3, 0.4) is 0 Å². The predicted molar refractivity (Wildman–Crippen MR) is 79.8 cm³/mol. The molecular formula is C15H16N2O4S. The van der Waals surface area contributed by atoms with E-state index < -0.39 is 18.0 Å². The van der Waals surface area contributed by atoms with Gasteiger partial charge in [0, 0.05) is 17.5 Å². The smallest absolute Gasteiger partial charge is 0.353 e. The molecule has 2 N–H and O–H groups in total. The highest BCUT2D eigenvalue weighted by molar-refractivity contribution is 8.03. The van der Waals surface area contributed by atoms with Crippen molar-refractivity contribution in [3.8, 4) is 0 Å². The Kier molecular flexibility index (Phi) is 3.92. The van der Waals surface area contributed by atoms with E-state index in [1.807, 2.05) is 13.0 Å². The molecule has 3 heterocycles. The third kappa shape index (κ3) is 2.30. The Morgan fingerprint density at radius 1 is 1.55 bits per heavy atom. The van der Waals surface area contributed by atoms with Gasteiger partial charge in [-0.2, -0.15) is 0 Å². The number of carboxylic acid groups (broad SMARTS) is 1. The van der Waals surface area contributed by atoms with Crippen LogP contribution in [0.5, 0.6) is 0 Å². The summed E-state index contributed by atoms with van der Waals surface area (Å²) in [5.74, 6) is -1.91. The molecule has 1 fully saturated rings. The fourth-order valence-electron chi connectivity index (χ4n) is 3.00. The molecule has 1 unspecified atom stereocenters. The van der Waals surface area contributed by atoms with E-state index in [1.165, 1.54) is 16.7 Å². The van der Waals surface area contributed by atoms with Crippen molar-refractivity contribution in [1.82, 2.24) is 9.88 Å². The molecule has 3 rings (SSSR count). The Morgan fingerprint density at radius 3 is 2.91 bits per heavy atom. The number of carboxylic acids is 1. The number of nitrogens with zero attached hydrogens (tertiary/aromatic N) is 2. The lowest BCUT2D eigenvalue weighted by Crippen LogP contribution is -2.62. The second kappa shape index (κ2) is 5.73. The van der Waals surface area contributed by atoms with Crippen molar-refractivity contribution in [2.75, 3.05) is 0 Å². The summed E-state index contributed by atoms with van der Waals surface area (Å²) in [7, 11) is 0. The minimum atomic E-state index is -1.11. The molecule has 0 bridgehead atoms. The average Bonchev–Trinajstić information content (AvgIpc) is 2.83. The first-order chi connectivity index (χ1) is 10.5. The van der Waals surface area contributed by atoms with E-state index in [1.54, 1.807) is 18.3 Å². The fourth-order valence-corrected chi connectivity index (χ4v) is 4.05. The molecule has 116 valence electrons. The molecule has 1 aromatic rings.